The smallest absolute Gasteiger partial charge is 0.144 e. The Bertz CT molecular complexity index is 470. The molecule has 4 nitrogen and oxygen atoms in total. The molecule has 4 heteroatoms. The lowest BCUT2D eigenvalue weighted by Crippen LogP contribution is -2.11. The Kier molecular flexibility index (Phi) is 4.67. The van der Waals surface area contributed by atoms with Crippen LogP contribution in [0.4, 0.5) is 5.82 Å². The van der Waals surface area contributed by atoms with Gasteiger partial charge >= 0.3 is 0 Å². The molecule has 0 bridgehead atoms. The van der Waals surface area contributed by atoms with E-state index in [-0.39, 0.29) is 0 Å². The summed E-state index contributed by atoms with van der Waals surface area (Å²) >= 11 is 0. The van der Waals surface area contributed by atoms with Crippen LogP contribution in [0.15, 0.2) is 42.6 Å². The van der Waals surface area contributed by atoms with Crippen LogP contribution in [0, 0.1) is 0 Å². The van der Waals surface area contributed by atoms with Crippen molar-refractivity contribution < 1.29 is 0 Å². The van der Waals surface area contributed by atoms with E-state index < -0.39 is 0 Å². The van der Waals surface area contributed by atoms with Crippen LogP contribution < -0.4 is 10.6 Å². The summed E-state index contributed by atoms with van der Waals surface area (Å²) in [7, 11) is 1.89. The third kappa shape index (κ3) is 3.82. The van der Waals surface area contributed by atoms with Crippen molar-refractivity contribution in [1.29, 1.82) is 0 Å². The monoisotopic (exact) mass is 242 g/mol. The molecule has 0 saturated heterocycles. The number of anilines is 1. The number of hydrogen-bond acceptors (Lipinski definition) is 4. The predicted molar refractivity (Wildman–Crippen MR) is 73.4 cm³/mol. The zero-order valence-electron chi connectivity index (χ0n) is 10.6. The van der Waals surface area contributed by atoms with E-state index in [4.69, 9.17) is 0 Å². The van der Waals surface area contributed by atoms with E-state index in [0.717, 1.165) is 24.6 Å². The Labute approximate surface area is 107 Å². The van der Waals surface area contributed by atoms with E-state index in [1.54, 1.807) is 6.20 Å². The summed E-state index contributed by atoms with van der Waals surface area (Å²) in [5.41, 5.74) is 1.33. The summed E-state index contributed by atoms with van der Waals surface area (Å²) in [6.45, 7) is 1.56. The molecule has 94 valence electrons. The highest BCUT2D eigenvalue weighted by molar-refractivity contribution is 5.33. The first-order chi connectivity index (χ1) is 8.88. The predicted octanol–water partition coefficient (Wildman–Crippen LogP) is 1.85. The first-order valence-electron chi connectivity index (χ1n) is 6.13. The second-order valence-corrected chi connectivity index (χ2v) is 4.05. The average Bonchev–Trinajstić information content (AvgIpc) is 2.41. The molecule has 18 heavy (non-hydrogen) atoms. The highest BCUT2D eigenvalue weighted by Gasteiger charge is 1.98. The van der Waals surface area contributed by atoms with Crippen LogP contribution in [0.1, 0.15) is 11.4 Å². The van der Waals surface area contributed by atoms with E-state index in [1.165, 1.54) is 5.56 Å². The van der Waals surface area contributed by atoms with Gasteiger partial charge in [-0.3, -0.25) is 0 Å². The molecule has 0 aliphatic carbocycles. The van der Waals surface area contributed by atoms with E-state index in [1.807, 2.05) is 19.2 Å². The van der Waals surface area contributed by atoms with Crippen LogP contribution >= 0.6 is 0 Å². The minimum absolute atomic E-state index is 0.689. The normalized spacial score (nSPS) is 10.3. The molecule has 0 amide bonds. The van der Waals surface area contributed by atoms with Gasteiger partial charge in [-0.25, -0.2) is 9.97 Å². The van der Waals surface area contributed by atoms with Crippen molar-refractivity contribution in [2.24, 2.45) is 0 Å². The van der Waals surface area contributed by atoms with Gasteiger partial charge in [-0.1, -0.05) is 30.3 Å². The number of rotatable bonds is 6. The molecule has 2 aromatic rings. The first-order valence-corrected chi connectivity index (χ1v) is 6.13. The summed E-state index contributed by atoms with van der Waals surface area (Å²) in [6.07, 6.45) is 2.77. The molecular weight excluding hydrogens is 224 g/mol. The van der Waals surface area contributed by atoms with Crippen molar-refractivity contribution in [1.82, 2.24) is 15.3 Å². The zero-order chi connectivity index (χ0) is 12.6. The Balaban J connectivity index is 1.84. The third-order valence-corrected chi connectivity index (χ3v) is 2.60. The molecule has 0 fully saturated rings. The van der Waals surface area contributed by atoms with Crippen LogP contribution in [-0.2, 0) is 13.0 Å². The fraction of sp³-hybridized carbons (Fsp3) is 0.286. The van der Waals surface area contributed by atoms with Crippen molar-refractivity contribution in [3.63, 3.8) is 0 Å². The minimum Gasteiger partial charge on any atom is -0.370 e. The van der Waals surface area contributed by atoms with Gasteiger partial charge in [-0.05, 0) is 25.1 Å². The largest absolute Gasteiger partial charge is 0.370 e. The van der Waals surface area contributed by atoms with Gasteiger partial charge in [-0.2, -0.15) is 0 Å². The van der Waals surface area contributed by atoms with Crippen molar-refractivity contribution in [2.45, 2.75) is 13.0 Å². The van der Waals surface area contributed by atoms with Crippen LogP contribution in [0.25, 0.3) is 0 Å². The standard InChI is InChI=1S/C14H18N4/c1-15-11-14-17-10-8-13(18-14)16-9-7-12-5-3-2-4-6-12/h2-6,8,10,15H,7,9,11H2,1H3,(H,16,17,18). The molecule has 2 rings (SSSR count). The molecule has 0 aliphatic rings. The van der Waals surface area contributed by atoms with Crippen molar-refractivity contribution >= 4 is 5.82 Å². The molecule has 2 N–H and O–H groups in total. The molecule has 0 atom stereocenters. The van der Waals surface area contributed by atoms with Crippen molar-refractivity contribution in [3.05, 3.63) is 54.0 Å². The Morgan fingerprint density at radius 2 is 1.94 bits per heavy atom. The maximum Gasteiger partial charge on any atom is 0.144 e. The maximum atomic E-state index is 4.41. The molecule has 0 unspecified atom stereocenters. The molecular formula is C14H18N4. The van der Waals surface area contributed by atoms with E-state index in [0.29, 0.717) is 6.54 Å². The lowest BCUT2D eigenvalue weighted by atomic mass is 10.1. The van der Waals surface area contributed by atoms with Gasteiger partial charge < -0.3 is 10.6 Å². The summed E-state index contributed by atoms with van der Waals surface area (Å²) in [5, 5.41) is 6.35. The Morgan fingerprint density at radius 1 is 1.11 bits per heavy atom. The zero-order valence-corrected chi connectivity index (χ0v) is 10.6. The minimum atomic E-state index is 0.689. The summed E-state index contributed by atoms with van der Waals surface area (Å²) in [4.78, 5) is 8.59. The van der Waals surface area contributed by atoms with E-state index in [9.17, 15) is 0 Å². The topological polar surface area (TPSA) is 49.8 Å². The van der Waals surface area contributed by atoms with Crippen LogP contribution in [0.5, 0.6) is 0 Å². The van der Waals surface area contributed by atoms with Crippen molar-refractivity contribution in [2.75, 3.05) is 18.9 Å². The summed E-state index contributed by atoms with van der Waals surface area (Å²) in [5.74, 6) is 1.69. The molecule has 0 spiro atoms. The summed E-state index contributed by atoms with van der Waals surface area (Å²) < 4.78 is 0. The van der Waals surface area contributed by atoms with Crippen LogP contribution in [0.3, 0.4) is 0 Å². The summed E-state index contributed by atoms with van der Waals surface area (Å²) in [6, 6.07) is 12.3. The number of nitrogens with zero attached hydrogens (tertiary/aromatic N) is 2. The first kappa shape index (κ1) is 12.5. The van der Waals surface area contributed by atoms with Crippen LogP contribution in [-0.4, -0.2) is 23.6 Å². The number of aromatic nitrogens is 2. The van der Waals surface area contributed by atoms with Gasteiger partial charge in [0.05, 0.1) is 6.54 Å². The molecule has 1 heterocycles. The van der Waals surface area contributed by atoms with E-state index in [2.05, 4.69) is 44.9 Å². The second-order valence-electron chi connectivity index (χ2n) is 4.05. The number of hydrogen-bond donors (Lipinski definition) is 2. The fourth-order valence-corrected chi connectivity index (χ4v) is 1.72. The SMILES string of the molecule is CNCc1nccc(NCCc2ccccc2)n1. The second kappa shape index (κ2) is 6.71. The van der Waals surface area contributed by atoms with E-state index >= 15 is 0 Å². The van der Waals surface area contributed by atoms with Gasteiger partial charge in [0, 0.05) is 12.7 Å². The molecule has 0 saturated carbocycles. The van der Waals surface area contributed by atoms with Gasteiger partial charge in [0.15, 0.2) is 0 Å². The van der Waals surface area contributed by atoms with Gasteiger partial charge in [0.1, 0.15) is 11.6 Å². The quantitative estimate of drug-likeness (QED) is 0.811. The van der Waals surface area contributed by atoms with Crippen molar-refractivity contribution in [3.8, 4) is 0 Å². The number of nitrogens with one attached hydrogen (secondary N) is 2. The van der Waals surface area contributed by atoms with Gasteiger partial charge in [0.2, 0.25) is 0 Å². The highest BCUT2D eigenvalue weighted by atomic mass is 15.0. The Hall–Kier alpha value is -1.94. The molecule has 1 aromatic heterocycles. The molecule has 1 aromatic carbocycles. The van der Waals surface area contributed by atoms with Gasteiger partial charge in [-0.15, -0.1) is 0 Å². The molecule has 0 aliphatic heterocycles. The number of benzene rings is 1. The molecule has 0 radical (unpaired) electrons. The fourth-order valence-electron chi connectivity index (χ4n) is 1.72. The third-order valence-electron chi connectivity index (χ3n) is 2.60. The van der Waals surface area contributed by atoms with Crippen LogP contribution in [0.2, 0.25) is 0 Å². The Morgan fingerprint density at radius 3 is 2.72 bits per heavy atom. The highest BCUT2D eigenvalue weighted by Crippen LogP contribution is 2.04. The average molecular weight is 242 g/mol. The lowest BCUT2D eigenvalue weighted by Gasteiger charge is -2.06. The van der Waals surface area contributed by atoms with Gasteiger partial charge in [0.25, 0.3) is 0 Å². The maximum absolute atomic E-state index is 4.41. The lowest BCUT2D eigenvalue weighted by molar-refractivity contribution is 0.758.